The first-order chi connectivity index (χ1) is 11.3. The summed E-state index contributed by atoms with van der Waals surface area (Å²) >= 11 is 2.08. The molecule has 1 aliphatic rings. The van der Waals surface area contributed by atoms with E-state index < -0.39 is 0 Å². The summed E-state index contributed by atoms with van der Waals surface area (Å²) in [5.74, 6) is 2.22. The van der Waals surface area contributed by atoms with Gasteiger partial charge in [-0.1, -0.05) is 31.2 Å². The highest BCUT2D eigenvalue weighted by Gasteiger charge is 2.21. The average Bonchev–Trinajstić information content (AvgIpc) is 2.60. The van der Waals surface area contributed by atoms with Crippen molar-refractivity contribution in [1.82, 2.24) is 10.2 Å². The van der Waals surface area contributed by atoms with Gasteiger partial charge in [-0.3, -0.25) is 0 Å². The summed E-state index contributed by atoms with van der Waals surface area (Å²) in [6, 6.07) is 8.39. The number of nitrogens with one attached hydrogen (secondary N) is 1. The Bertz CT molecular complexity index is 513. The third-order valence-corrected chi connectivity index (χ3v) is 5.42. The maximum atomic E-state index is 5.29. The molecule has 0 spiro atoms. The summed E-state index contributed by atoms with van der Waals surface area (Å²) in [4.78, 5) is 7.30. The van der Waals surface area contributed by atoms with E-state index in [4.69, 9.17) is 9.73 Å². The third-order valence-electron chi connectivity index (χ3n) is 4.05. The lowest BCUT2D eigenvalue weighted by atomic mass is 10.1. The SMILES string of the molecule is CCNC(=NCc1ccccc1COC)N1CCSC(CC)C1.I. The largest absolute Gasteiger partial charge is 0.380 e. The van der Waals surface area contributed by atoms with Crippen LogP contribution in [0.3, 0.4) is 0 Å². The second kappa shape index (κ2) is 12.0. The highest BCUT2D eigenvalue weighted by atomic mass is 127. The fourth-order valence-electron chi connectivity index (χ4n) is 2.75. The quantitative estimate of drug-likeness (QED) is 0.396. The third kappa shape index (κ3) is 6.44. The van der Waals surface area contributed by atoms with Gasteiger partial charge in [0, 0.05) is 37.7 Å². The molecule has 1 atom stereocenters. The Morgan fingerprint density at radius 1 is 1.33 bits per heavy atom. The first-order valence-electron chi connectivity index (χ1n) is 8.49. The van der Waals surface area contributed by atoms with E-state index in [1.165, 1.54) is 23.3 Å². The van der Waals surface area contributed by atoms with Gasteiger partial charge in [-0.25, -0.2) is 4.99 Å². The van der Waals surface area contributed by atoms with Crippen LogP contribution in [-0.2, 0) is 17.9 Å². The molecule has 1 aromatic rings. The Morgan fingerprint density at radius 3 is 2.75 bits per heavy atom. The van der Waals surface area contributed by atoms with Crippen LogP contribution in [-0.4, -0.2) is 48.6 Å². The van der Waals surface area contributed by atoms with E-state index >= 15 is 0 Å². The number of hydrogen-bond donors (Lipinski definition) is 1. The zero-order valence-electron chi connectivity index (χ0n) is 15.0. The number of hydrogen-bond acceptors (Lipinski definition) is 3. The van der Waals surface area contributed by atoms with E-state index in [1.54, 1.807) is 7.11 Å². The second-order valence-electron chi connectivity index (χ2n) is 5.72. The van der Waals surface area contributed by atoms with Crippen LogP contribution in [0.25, 0.3) is 0 Å². The summed E-state index contributed by atoms with van der Waals surface area (Å²) in [6.07, 6.45) is 1.22. The lowest BCUT2D eigenvalue weighted by Crippen LogP contribution is -2.48. The van der Waals surface area contributed by atoms with Crippen LogP contribution in [0.2, 0.25) is 0 Å². The number of methoxy groups -OCH3 is 1. The molecular formula is C18H30IN3OS. The standard InChI is InChI=1S/C18H29N3OS.HI/c1-4-17-13-21(10-11-23-17)18(19-5-2)20-12-15-8-6-7-9-16(15)14-22-3;/h6-9,17H,4-5,10-14H2,1-3H3,(H,19,20);1H. The molecule has 6 heteroatoms. The minimum absolute atomic E-state index is 0. The lowest BCUT2D eigenvalue weighted by Gasteiger charge is -2.34. The molecule has 2 rings (SSSR count). The van der Waals surface area contributed by atoms with Gasteiger partial charge in [-0.2, -0.15) is 11.8 Å². The molecule has 1 aliphatic heterocycles. The van der Waals surface area contributed by atoms with Gasteiger partial charge in [0.05, 0.1) is 13.2 Å². The van der Waals surface area contributed by atoms with Crippen molar-refractivity contribution in [2.45, 2.75) is 38.7 Å². The summed E-state index contributed by atoms with van der Waals surface area (Å²) in [7, 11) is 1.74. The van der Waals surface area contributed by atoms with E-state index in [0.29, 0.717) is 18.4 Å². The maximum absolute atomic E-state index is 5.29. The van der Waals surface area contributed by atoms with Crippen molar-refractivity contribution in [2.75, 3.05) is 32.5 Å². The summed E-state index contributed by atoms with van der Waals surface area (Å²) in [6.45, 7) is 8.80. The second-order valence-corrected chi connectivity index (χ2v) is 7.13. The average molecular weight is 463 g/mol. The van der Waals surface area contributed by atoms with Crippen molar-refractivity contribution < 1.29 is 4.74 Å². The van der Waals surface area contributed by atoms with Crippen molar-refractivity contribution in [3.63, 3.8) is 0 Å². The van der Waals surface area contributed by atoms with Gasteiger partial charge in [-0.15, -0.1) is 24.0 Å². The molecule has 1 heterocycles. The Labute approximate surface area is 167 Å². The number of nitrogens with zero attached hydrogens (tertiary/aromatic N) is 2. The number of halogens is 1. The number of aliphatic imine (C=N–C) groups is 1. The number of ether oxygens (including phenoxy) is 1. The Balaban J connectivity index is 0.00000288. The summed E-state index contributed by atoms with van der Waals surface area (Å²) < 4.78 is 5.29. The molecule has 1 fully saturated rings. The number of rotatable bonds is 6. The summed E-state index contributed by atoms with van der Waals surface area (Å²) in [5, 5.41) is 4.17. The molecule has 1 saturated heterocycles. The van der Waals surface area contributed by atoms with Gasteiger partial charge in [0.2, 0.25) is 0 Å². The predicted octanol–water partition coefficient (Wildman–Crippen LogP) is 3.74. The van der Waals surface area contributed by atoms with Crippen LogP contribution in [0.5, 0.6) is 0 Å². The van der Waals surface area contributed by atoms with E-state index in [1.807, 2.05) is 0 Å². The Hall–Kier alpha value is -0.470. The van der Waals surface area contributed by atoms with Gasteiger partial charge >= 0.3 is 0 Å². The lowest BCUT2D eigenvalue weighted by molar-refractivity contribution is 0.184. The molecule has 0 amide bonds. The molecule has 24 heavy (non-hydrogen) atoms. The van der Waals surface area contributed by atoms with Crippen LogP contribution >= 0.6 is 35.7 Å². The zero-order chi connectivity index (χ0) is 16.5. The van der Waals surface area contributed by atoms with E-state index in [2.05, 4.69) is 60.1 Å². The van der Waals surface area contributed by atoms with E-state index in [9.17, 15) is 0 Å². The van der Waals surface area contributed by atoms with Crippen LogP contribution in [0.1, 0.15) is 31.4 Å². The van der Waals surface area contributed by atoms with Gasteiger partial charge in [0.25, 0.3) is 0 Å². The first-order valence-corrected chi connectivity index (χ1v) is 9.53. The molecule has 1 aromatic carbocycles. The molecular weight excluding hydrogens is 433 g/mol. The van der Waals surface area contributed by atoms with Crippen molar-refractivity contribution in [3.8, 4) is 0 Å². The first kappa shape index (κ1) is 21.6. The monoisotopic (exact) mass is 463 g/mol. The van der Waals surface area contributed by atoms with Crippen LogP contribution in [0.15, 0.2) is 29.3 Å². The van der Waals surface area contributed by atoms with Crippen molar-refractivity contribution in [2.24, 2.45) is 4.99 Å². The molecule has 0 radical (unpaired) electrons. The molecule has 0 saturated carbocycles. The summed E-state index contributed by atoms with van der Waals surface area (Å²) in [5.41, 5.74) is 2.46. The topological polar surface area (TPSA) is 36.9 Å². The van der Waals surface area contributed by atoms with E-state index in [-0.39, 0.29) is 24.0 Å². The highest BCUT2D eigenvalue weighted by molar-refractivity contribution is 14.0. The minimum atomic E-state index is 0. The van der Waals surface area contributed by atoms with Crippen molar-refractivity contribution in [3.05, 3.63) is 35.4 Å². The molecule has 136 valence electrons. The Morgan fingerprint density at radius 2 is 2.08 bits per heavy atom. The molecule has 0 bridgehead atoms. The fraction of sp³-hybridized carbons (Fsp3) is 0.611. The number of thioether (sulfide) groups is 1. The van der Waals surface area contributed by atoms with Crippen molar-refractivity contribution >= 4 is 41.7 Å². The van der Waals surface area contributed by atoms with Gasteiger partial charge < -0.3 is 15.0 Å². The van der Waals surface area contributed by atoms with Gasteiger partial charge in [-0.05, 0) is 24.5 Å². The van der Waals surface area contributed by atoms with Crippen molar-refractivity contribution in [1.29, 1.82) is 0 Å². The molecule has 1 unspecified atom stereocenters. The minimum Gasteiger partial charge on any atom is -0.380 e. The molecule has 0 aromatic heterocycles. The number of benzene rings is 1. The Kier molecular flexibility index (Phi) is 10.8. The molecule has 0 aliphatic carbocycles. The molecule has 4 nitrogen and oxygen atoms in total. The van der Waals surface area contributed by atoms with Crippen LogP contribution < -0.4 is 5.32 Å². The predicted molar refractivity (Wildman–Crippen MR) is 115 cm³/mol. The normalized spacial score (nSPS) is 18.2. The zero-order valence-corrected chi connectivity index (χ0v) is 18.1. The van der Waals surface area contributed by atoms with E-state index in [0.717, 1.165) is 25.6 Å². The fourth-order valence-corrected chi connectivity index (χ4v) is 3.93. The number of guanidine groups is 1. The smallest absolute Gasteiger partial charge is 0.194 e. The molecule has 1 N–H and O–H groups in total. The van der Waals surface area contributed by atoms with Gasteiger partial charge in [0.15, 0.2) is 5.96 Å². The highest BCUT2D eigenvalue weighted by Crippen LogP contribution is 2.21. The van der Waals surface area contributed by atoms with Gasteiger partial charge in [0.1, 0.15) is 0 Å². The maximum Gasteiger partial charge on any atom is 0.194 e. The van der Waals surface area contributed by atoms with Crippen LogP contribution in [0, 0.1) is 0 Å². The van der Waals surface area contributed by atoms with Crippen LogP contribution in [0.4, 0.5) is 0 Å².